The molecular weight excluding hydrogens is 359 g/mol. The van der Waals surface area contributed by atoms with E-state index in [1.807, 2.05) is 6.08 Å². The highest BCUT2D eigenvalue weighted by Crippen LogP contribution is 2.41. The molecule has 1 aliphatic carbocycles. The second-order valence-electron chi connectivity index (χ2n) is 5.83. The second-order valence-corrected chi connectivity index (χ2v) is 6.21. The predicted octanol–water partition coefficient (Wildman–Crippen LogP) is 3.82. The quantitative estimate of drug-likeness (QED) is 0.744. The number of allylic oxidation sites excluding steroid dienone is 1. The first kappa shape index (κ1) is 18.7. The summed E-state index contributed by atoms with van der Waals surface area (Å²) in [5.41, 5.74) is 11.9. The number of aromatic nitrogens is 1. The van der Waals surface area contributed by atoms with Gasteiger partial charge in [-0.3, -0.25) is 4.79 Å². The minimum Gasteiger partial charge on any atom is -0.365 e. The van der Waals surface area contributed by atoms with Gasteiger partial charge in [0.1, 0.15) is 5.56 Å². The highest BCUT2D eigenvalue weighted by molar-refractivity contribution is 6.37. The minimum absolute atomic E-state index is 0. The monoisotopic (exact) mass is 375 g/mol. The summed E-state index contributed by atoms with van der Waals surface area (Å²) in [5.74, 6) is -3.43. The molecule has 1 aliphatic rings. The third-order valence-corrected chi connectivity index (χ3v) is 4.69. The summed E-state index contributed by atoms with van der Waals surface area (Å²) >= 11 is 6.27. The van der Waals surface area contributed by atoms with Gasteiger partial charge in [0.2, 0.25) is 0 Å². The number of primary amides is 1. The molecule has 1 aromatic heterocycles. The van der Waals surface area contributed by atoms with E-state index in [0.717, 1.165) is 6.42 Å². The van der Waals surface area contributed by atoms with Crippen LogP contribution in [0.5, 0.6) is 0 Å². The lowest BCUT2D eigenvalue weighted by atomic mass is 9.87. The van der Waals surface area contributed by atoms with Crippen molar-refractivity contribution in [1.82, 2.24) is 4.98 Å². The Bertz CT molecular complexity index is 861. The third-order valence-electron chi connectivity index (χ3n) is 4.22. The van der Waals surface area contributed by atoms with Crippen molar-refractivity contribution < 1.29 is 13.6 Å². The van der Waals surface area contributed by atoms with Gasteiger partial charge in [-0.2, -0.15) is 0 Å². The van der Waals surface area contributed by atoms with Gasteiger partial charge in [0, 0.05) is 22.7 Å². The average molecular weight is 376 g/mol. The molecule has 1 amide bonds. The predicted molar refractivity (Wildman–Crippen MR) is 93.5 cm³/mol. The van der Waals surface area contributed by atoms with Gasteiger partial charge >= 0.3 is 0 Å². The van der Waals surface area contributed by atoms with Gasteiger partial charge in [0.25, 0.3) is 5.91 Å². The van der Waals surface area contributed by atoms with Crippen LogP contribution in [-0.4, -0.2) is 16.9 Å². The van der Waals surface area contributed by atoms with Crippen molar-refractivity contribution in [2.45, 2.75) is 32.2 Å². The Morgan fingerprint density at radius 1 is 1.38 bits per heavy atom. The molecule has 1 heterocycles. The van der Waals surface area contributed by atoms with E-state index in [4.69, 9.17) is 23.1 Å². The SMILES string of the molecule is Cc1[nH]c2c(C(N)=O)c(F)c(F)c(C3=CCCC(N)C3)c2c1Cl.Cl. The summed E-state index contributed by atoms with van der Waals surface area (Å²) in [4.78, 5) is 14.4. The number of H-pyrrole nitrogens is 1. The molecule has 130 valence electrons. The number of hydrogen-bond acceptors (Lipinski definition) is 2. The summed E-state index contributed by atoms with van der Waals surface area (Å²) in [6, 6.07) is -0.123. The molecule has 0 aliphatic heterocycles. The van der Waals surface area contributed by atoms with E-state index in [0.29, 0.717) is 24.1 Å². The van der Waals surface area contributed by atoms with Gasteiger partial charge in [0.05, 0.1) is 10.5 Å². The number of nitrogens with one attached hydrogen (secondary N) is 1. The Kier molecular flexibility index (Phi) is 5.22. The molecule has 24 heavy (non-hydrogen) atoms. The van der Waals surface area contributed by atoms with Crippen LogP contribution in [0.4, 0.5) is 8.78 Å². The zero-order valence-electron chi connectivity index (χ0n) is 12.9. The number of amides is 1. The molecule has 0 saturated carbocycles. The highest BCUT2D eigenvalue weighted by atomic mass is 35.5. The van der Waals surface area contributed by atoms with E-state index in [1.165, 1.54) is 0 Å². The smallest absolute Gasteiger partial charge is 0.253 e. The molecule has 1 aromatic carbocycles. The van der Waals surface area contributed by atoms with Crippen molar-refractivity contribution in [1.29, 1.82) is 0 Å². The van der Waals surface area contributed by atoms with Crippen molar-refractivity contribution in [2.24, 2.45) is 11.5 Å². The fraction of sp³-hybridized carbons (Fsp3) is 0.312. The molecule has 1 atom stereocenters. The lowest BCUT2D eigenvalue weighted by molar-refractivity contribution is 0.0997. The molecule has 3 rings (SSSR count). The molecule has 0 fully saturated rings. The number of rotatable bonds is 2. The molecule has 2 aromatic rings. The van der Waals surface area contributed by atoms with Crippen LogP contribution in [0.1, 0.15) is 40.9 Å². The molecule has 8 heteroatoms. The van der Waals surface area contributed by atoms with Crippen LogP contribution < -0.4 is 11.5 Å². The van der Waals surface area contributed by atoms with Crippen LogP contribution in [0.15, 0.2) is 6.08 Å². The topological polar surface area (TPSA) is 84.9 Å². The summed E-state index contributed by atoms with van der Waals surface area (Å²) in [7, 11) is 0. The fourth-order valence-corrected chi connectivity index (χ4v) is 3.38. The first-order valence-corrected chi connectivity index (χ1v) is 7.64. The van der Waals surface area contributed by atoms with E-state index in [1.54, 1.807) is 6.92 Å². The largest absolute Gasteiger partial charge is 0.365 e. The van der Waals surface area contributed by atoms with Gasteiger partial charge in [-0.15, -0.1) is 12.4 Å². The number of fused-ring (bicyclic) bond motifs is 1. The molecule has 5 N–H and O–H groups in total. The van der Waals surface area contributed by atoms with Crippen LogP contribution in [0.2, 0.25) is 5.02 Å². The fourth-order valence-electron chi connectivity index (χ4n) is 3.14. The molecule has 0 saturated heterocycles. The Morgan fingerprint density at radius 2 is 2.04 bits per heavy atom. The van der Waals surface area contributed by atoms with Crippen molar-refractivity contribution in [3.8, 4) is 0 Å². The maximum absolute atomic E-state index is 14.7. The normalized spacial score (nSPS) is 17.5. The van der Waals surface area contributed by atoms with Gasteiger partial charge < -0.3 is 16.5 Å². The number of carbonyl (C=O) groups excluding carboxylic acids is 1. The first-order chi connectivity index (χ1) is 10.8. The Balaban J connectivity index is 0.00000208. The van der Waals surface area contributed by atoms with Gasteiger partial charge in [-0.05, 0) is 31.8 Å². The molecule has 1 unspecified atom stereocenters. The van der Waals surface area contributed by atoms with Crippen molar-refractivity contribution in [3.05, 3.63) is 39.6 Å². The van der Waals surface area contributed by atoms with E-state index in [2.05, 4.69) is 4.98 Å². The Labute approximate surface area is 148 Å². The number of benzene rings is 1. The van der Waals surface area contributed by atoms with Crippen LogP contribution >= 0.6 is 24.0 Å². The van der Waals surface area contributed by atoms with E-state index in [-0.39, 0.29) is 39.9 Å². The Morgan fingerprint density at radius 3 is 2.62 bits per heavy atom. The van der Waals surface area contributed by atoms with Gasteiger partial charge in [-0.1, -0.05) is 17.7 Å². The van der Waals surface area contributed by atoms with E-state index in [9.17, 15) is 13.6 Å². The summed E-state index contributed by atoms with van der Waals surface area (Å²) in [6.07, 6.45) is 3.72. The number of nitrogens with two attached hydrogens (primary N) is 2. The lowest BCUT2D eigenvalue weighted by Crippen LogP contribution is -2.23. The average Bonchev–Trinajstić information content (AvgIpc) is 2.76. The molecular formula is C16H17Cl2F2N3O. The molecule has 4 nitrogen and oxygen atoms in total. The van der Waals surface area contributed by atoms with Crippen molar-refractivity contribution in [3.63, 3.8) is 0 Å². The number of halogens is 4. The standard InChI is InChI=1S/C16H16ClF2N3O.ClH/c1-6-12(17)10-9(7-3-2-4-8(20)5-7)13(18)14(19)11(16(21)23)15(10)22-6;/h3,8,22H,2,4-5,20H2,1H3,(H2,21,23);1H. The number of aromatic amines is 1. The number of carbonyl (C=O) groups is 1. The Hall–Kier alpha value is -1.63. The minimum atomic E-state index is -1.27. The van der Waals surface area contributed by atoms with E-state index >= 15 is 0 Å². The molecule has 0 spiro atoms. The zero-order valence-corrected chi connectivity index (χ0v) is 14.5. The summed E-state index contributed by atoms with van der Waals surface area (Å²) in [6.45, 7) is 1.66. The highest BCUT2D eigenvalue weighted by Gasteiger charge is 2.29. The lowest BCUT2D eigenvalue weighted by Gasteiger charge is -2.21. The summed E-state index contributed by atoms with van der Waals surface area (Å²) in [5, 5.41) is 0.522. The van der Waals surface area contributed by atoms with Crippen LogP contribution in [0, 0.1) is 18.6 Å². The second kappa shape index (κ2) is 6.70. The van der Waals surface area contributed by atoms with Crippen molar-refractivity contribution >= 4 is 46.4 Å². The summed E-state index contributed by atoms with van der Waals surface area (Å²) < 4.78 is 29.2. The van der Waals surface area contributed by atoms with Crippen LogP contribution in [0.3, 0.4) is 0 Å². The molecule has 0 radical (unpaired) electrons. The van der Waals surface area contributed by atoms with Crippen LogP contribution in [0.25, 0.3) is 16.5 Å². The maximum Gasteiger partial charge on any atom is 0.253 e. The third kappa shape index (κ3) is 2.79. The first-order valence-electron chi connectivity index (χ1n) is 7.26. The van der Waals surface area contributed by atoms with Crippen LogP contribution in [-0.2, 0) is 0 Å². The van der Waals surface area contributed by atoms with Crippen molar-refractivity contribution in [2.75, 3.05) is 0 Å². The zero-order chi connectivity index (χ0) is 16.9. The number of hydrogen-bond donors (Lipinski definition) is 3. The van der Waals surface area contributed by atoms with Gasteiger partial charge in [-0.25, -0.2) is 8.78 Å². The van der Waals surface area contributed by atoms with E-state index < -0.39 is 23.1 Å². The molecule has 0 bridgehead atoms. The number of aryl methyl sites for hydroxylation is 1. The maximum atomic E-state index is 14.7. The van der Waals surface area contributed by atoms with Gasteiger partial charge in [0.15, 0.2) is 11.6 Å².